The lowest BCUT2D eigenvalue weighted by Crippen LogP contribution is -2.10. The predicted molar refractivity (Wildman–Crippen MR) is 67.1 cm³/mol. The number of anilines is 1. The summed E-state index contributed by atoms with van der Waals surface area (Å²) in [5, 5.41) is 12.2. The van der Waals surface area contributed by atoms with Crippen LogP contribution in [0.15, 0.2) is 0 Å². The lowest BCUT2D eigenvalue weighted by molar-refractivity contribution is -0.116. The maximum Gasteiger partial charge on any atom is 0.226 e. The molecule has 0 aliphatic rings. The van der Waals surface area contributed by atoms with E-state index >= 15 is 0 Å². The number of nitrogens with one attached hydrogen (secondary N) is 1. The molecule has 0 saturated heterocycles. The number of aromatic nitrogens is 2. The third-order valence-electron chi connectivity index (χ3n) is 1.99. The molecule has 0 radical (unpaired) electrons. The Bertz CT molecular complexity index is 330. The standard InChI is InChI=1S/C10H16ClN3OS/c1-2-3-6-9-13-14-10(16-9)12-8(15)5-4-7-11/h2-7H2,1H3,(H,12,14,15). The molecule has 16 heavy (non-hydrogen) atoms. The smallest absolute Gasteiger partial charge is 0.226 e. The normalized spacial score (nSPS) is 10.4. The third kappa shape index (κ3) is 4.90. The van der Waals surface area contributed by atoms with Crippen molar-refractivity contribution in [2.24, 2.45) is 0 Å². The van der Waals surface area contributed by atoms with Crippen molar-refractivity contribution in [3.63, 3.8) is 0 Å². The summed E-state index contributed by atoms with van der Waals surface area (Å²) >= 11 is 6.95. The van der Waals surface area contributed by atoms with E-state index in [1.54, 1.807) is 0 Å². The highest BCUT2D eigenvalue weighted by Crippen LogP contribution is 2.17. The van der Waals surface area contributed by atoms with Crippen molar-refractivity contribution in [3.8, 4) is 0 Å². The van der Waals surface area contributed by atoms with Crippen molar-refractivity contribution in [3.05, 3.63) is 5.01 Å². The van der Waals surface area contributed by atoms with E-state index in [0.29, 0.717) is 23.9 Å². The average Bonchev–Trinajstić information content (AvgIpc) is 2.71. The van der Waals surface area contributed by atoms with E-state index in [-0.39, 0.29) is 5.91 Å². The third-order valence-corrected chi connectivity index (χ3v) is 3.16. The molecule has 1 heterocycles. The highest BCUT2D eigenvalue weighted by atomic mass is 35.5. The van der Waals surface area contributed by atoms with E-state index in [2.05, 4.69) is 22.4 Å². The number of unbranched alkanes of at least 4 members (excludes halogenated alkanes) is 1. The monoisotopic (exact) mass is 261 g/mol. The summed E-state index contributed by atoms with van der Waals surface area (Å²) in [6.45, 7) is 2.13. The fraction of sp³-hybridized carbons (Fsp3) is 0.700. The van der Waals surface area contributed by atoms with E-state index in [9.17, 15) is 4.79 Å². The van der Waals surface area contributed by atoms with E-state index in [1.165, 1.54) is 11.3 Å². The van der Waals surface area contributed by atoms with Crippen LogP contribution < -0.4 is 5.32 Å². The summed E-state index contributed by atoms with van der Waals surface area (Å²) < 4.78 is 0. The number of carbonyl (C=O) groups is 1. The fourth-order valence-corrected chi connectivity index (χ4v) is 2.07. The van der Waals surface area contributed by atoms with E-state index in [1.807, 2.05) is 0 Å². The van der Waals surface area contributed by atoms with Gasteiger partial charge in [-0.05, 0) is 12.8 Å². The quantitative estimate of drug-likeness (QED) is 0.768. The number of nitrogens with zero attached hydrogens (tertiary/aromatic N) is 2. The second-order valence-electron chi connectivity index (χ2n) is 3.45. The fourth-order valence-electron chi connectivity index (χ4n) is 1.14. The van der Waals surface area contributed by atoms with Gasteiger partial charge in [0.2, 0.25) is 11.0 Å². The van der Waals surface area contributed by atoms with Crippen LogP contribution in [0.5, 0.6) is 0 Å². The molecular weight excluding hydrogens is 246 g/mol. The molecule has 0 atom stereocenters. The van der Waals surface area contributed by atoms with E-state index < -0.39 is 0 Å². The molecule has 0 fully saturated rings. The van der Waals surface area contributed by atoms with Crippen molar-refractivity contribution in [2.45, 2.75) is 39.0 Å². The Kier molecular flexibility index (Phi) is 6.33. The summed E-state index contributed by atoms with van der Waals surface area (Å²) in [4.78, 5) is 11.4. The van der Waals surface area contributed by atoms with Gasteiger partial charge in [-0.1, -0.05) is 24.7 Å². The van der Waals surface area contributed by atoms with Gasteiger partial charge in [0.05, 0.1) is 0 Å². The van der Waals surface area contributed by atoms with Crippen molar-refractivity contribution in [1.29, 1.82) is 0 Å². The molecule has 0 aliphatic carbocycles. The van der Waals surface area contributed by atoms with Crippen LogP contribution in [0.2, 0.25) is 0 Å². The molecule has 6 heteroatoms. The molecule has 0 spiro atoms. The number of hydrogen-bond acceptors (Lipinski definition) is 4. The molecule has 1 aromatic heterocycles. The van der Waals surface area contributed by atoms with Crippen molar-refractivity contribution >= 4 is 34.0 Å². The number of carbonyl (C=O) groups excluding carboxylic acids is 1. The highest BCUT2D eigenvalue weighted by Gasteiger charge is 2.07. The summed E-state index contributed by atoms with van der Waals surface area (Å²) in [6.07, 6.45) is 4.31. The Morgan fingerprint density at radius 2 is 2.25 bits per heavy atom. The Labute approximate surface area is 104 Å². The zero-order valence-electron chi connectivity index (χ0n) is 9.33. The van der Waals surface area contributed by atoms with Gasteiger partial charge in [-0.3, -0.25) is 4.79 Å². The highest BCUT2D eigenvalue weighted by molar-refractivity contribution is 7.15. The Hall–Kier alpha value is -0.680. The Morgan fingerprint density at radius 3 is 2.94 bits per heavy atom. The van der Waals surface area contributed by atoms with E-state index in [4.69, 9.17) is 11.6 Å². The van der Waals surface area contributed by atoms with Crippen molar-refractivity contribution < 1.29 is 4.79 Å². The molecule has 0 aromatic carbocycles. The number of amides is 1. The number of halogens is 1. The summed E-state index contributed by atoms with van der Waals surface area (Å²) in [5.41, 5.74) is 0. The SMILES string of the molecule is CCCCc1nnc(NC(=O)CCCCl)s1. The van der Waals surface area contributed by atoms with Gasteiger partial charge in [0, 0.05) is 18.7 Å². The first kappa shape index (κ1) is 13.4. The summed E-state index contributed by atoms with van der Waals surface area (Å²) in [5.74, 6) is 0.463. The average molecular weight is 262 g/mol. The lowest BCUT2D eigenvalue weighted by Gasteiger charge is -1.97. The van der Waals surface area contributed by atoms with Crippen LogP contribution in [0.1, 0.15) is 37.6 Å². The molecule has 0 aliphatic heterocycles. The molecule has 1 N–H and O–H groups in total. The lowest BCUT2D eigenvalue weighted by atomic mass is 10.3. The first-order chi connectivity index (χ1) is 7.76. The van der Waals surface area contributed by atoms with E-state index in [0.717, 1.165) is 24.3 Å². The Balaban J connectivity index is 2.36. The topological polar surface area (TPSA) is 54.9 Å². The summed E-state index contributed by atoms with van der Waals surface area (Å²) in [7, 11) is 0. The van der Waals surface area contributed by atoms with Crippen LogP contribution in [0.3, 0.4) is 0 Å². The molecule has 0 bridgehead atoms. The van der Waals surface area contributed by atoms with Crippen LogP contribution in [-0.4, -0.2) is 22.0 Å². The minimum atomic E-state index is -0.0427. The van der Waals surface area contributed by atoms with Crippen LogP contribution in [0, 0.1) is 0 Å². The molecule has 4 nitrogen and oxygen atoms in total. The molecule has 1 rings (SSSR count). The van der Waals surface area contributed by atoms with Crippen molar-refractivity contribution in [2.75, 3.05) is 11.2 Å². The minimum Gasteiger partial charge on any atom is -0.301 e. The number of hydrogen-bond donors (Lipinski definition) is 1. The maximum absolute atomic E-state index is 11.4. The number of aryl methyl sites for hydroxylation is 1. The molecule has 90 valence electrons. The first-order valence-electron chi connectivity index (χ1n) is 5.44. The van der Waals surface area contributed by atoms with Crippen LogP contribution in [0.4, 0.5) is 5.13 Å². The van der Waals surface area contributed by atoms with Gasteiger partial charge in [-0.25, -0.2) is 0 Å². The minimum absolute atomic E-state index is 0.0427. The zero-order valence-corrected chi connectivity index (χ0v) is 10.9. The Morgan fingerprint density at radius 1 is 1.44 bits per heavy atom. The second-order valence-corrected chi connectivity index (χ2v) is 4.89. The second kappa shape index (κ2) is 7.57. The molecular formula is C10H16ClN3OS. The number of rotatable bonds is 7. The predicted octanol–water partition coefficient (Wildman–Crippen LogP) is 2.84. The maximum atomic E-state index is 11.4. The number of alkyl halides is 1. The molecule has 0 saturated carbocycles. The molecule has 1 aromatic rings. The molecule has 0 unspecified atom stereocenters. The van der Waals surface area contributed by atoms with Gasteiger partial charge in [0.25, 0.3) is 0 Å². The first-order valence-corrected chi connectivity index (χ1v) is 6.79. The van der Waals surface area contributed by atoms with Crippen LogP contribution >= 0.6 is 22.9 Å². The molecule has 1 amide bonds. The zero-order chi connectivity index (χ0) is 11.8. The van der Waals surface area contributed by atoms with Crippen LogP contribution in [-0.2, 0) is 11.2 Å². The van der Waals surface area contributed by atoms with Crippen molar-refractivity contribution in [1.82, 2.24) is 10.2 Å². The van der Waals surface area contributed by atoms with Gasteiger partial charge in [-0.15, -0.1) is 21.8 Å². The van der Waals surface area contributed by atoms with Gasteiger partial charge in [0.1, 0.15) is 5.01 Å². The summed E-state index contributed by atoms with van der Waals surface area (Å²) in [6, 6.07) is 0. The van der Waals surface area contributed by atoms with Gasteiger partial charge < -0.3 is 5.32 Å². The van der Waals surface area contributed by atoms with Gasteiger partial charge >= 0.3 is 0 Å². The van der Waals surface area contributed by atoms with Gasteiger partial charge in [0.15, 0.2) is 0 Å². The largest absolute Gasteiger partial charge is 0.301 e. The van der Waals surface area contributed by atoms with Crippen LogP contribution in [0.25, 0.3) is 0 Å². The van der Waals surface area contributed by atoms with Gasteiger partial charge in [-0.2, -0.15) is 0 Å².